The number of thioether (sulfide) groups is 1. The molecule has 0 saturated heterocycles. The van der Waals surface area contributed by atoms with Crippen molar-refractivity contribution in [2.24, 2.45) is 0 Å². The van der Waals surface area contributed by atoms with E-state index < -0.39 is 0 Å². The molecule has 0 aromatic carbocycles. The van der Waals surface area contributed by atoms with Crippen LogP contribution in [0.25, 0.3) is 0 Å². The van der Waals surface area contributed by atoms with Crippen LogP contribution in [0.2, 0.25) is 0 Å². The van der Waals surface area contributed by atoms with Gasteiger partial charge in [-0.1, -0.05) is 20.8 Å². The van der Waals surface area contributed by atoms with E-state index in [1.165, 1.54) is 12.2 Å². The van der Waals surface area contributed by atoms with Crippen molar-refractivity contribution in [3.8, 4) is 0 Å². The van der Waals surface area contributed by atoms with Gasteiger partial charge in [-0.25, -0.2) is 0 Å². The summed E-state index contributed by atoms with van der Waals surface area (Å²) in [7, 11) is 4.29. The molecule has 0 aliphatic rings. The minimum atomic E-state index is 0.449. The van der Waals surface area contributed by atoms with Gasteiger partial charge in [0.1, 0.15) is 0 Å². The molecule has 0 bridgehead atoms. The maximum Gasteiger partial charge on any atom is 0.0152 e. The Balaban J connectivity index is 3.67. The van der Waals surface area contributed by atoms with Gasteiger partial charge >= 0.3 is 0 Å². The van der Waals surface area contributed by atoms with E-state index in [2.05, 4.69) is 58.5 Å². The number of hydrogen-bond acceptors (Lipinski definition) is 2. The first-order chi connectivity index (χ1) is 5.39. The van der Waals surface area contributed by atoms with Gasteiger partial charge in [0.2, 0.25) is 0 Å². The SMILES string of the molecule is CCC(C)(C)SCC(C)N(C)C. The minimum absolute atomic E-state index is 0.449. The number of rotatable bonds is 5. The van der Waals surface area contributed by atoms with Crippen LogP contribution in [-0.2, 0) is 0 Å². The van der Waals surface area contributed by atoms with Crippen LogP contribution in [-0.4, -0.2) is 35.5 Å². The Hall–Kier alpha value is 0.310. The summed E-state index contributed by atoms with van der Waals surface area (Å²) in [5, 5.41) is 0. The van der Waals surface area contributed by atoms with Gasteiger partial charge in [-0.15, -0.1) is 0 Å². The predicted octanol–water partition coefficient (Wildman–Crippen LogP) is 2.86. The van der Waals surface area contributed by atoms with Crippen LogP contribution in [0.3, 0.4) is 0 Å². The van der Waals surface area contributed by atoms with E-state index in [1.807, 2.05) is 0 Å². The van der Waals surface area contributed by atoms with Crippen LogP contribution in [0.1, 0.15) is 34.1 Å². The highest BCUT2D eigenvalue weighted by Gasteiger charge is 2.17. The van der Waals surface area contributed by atoms with Crippen molar-refractivity contribution in [1.29, 1.82) is 0 Å². The van der Waals surface area contributed by atoms with Crippen molar-refractivity contribution in [2.45, 2.75) is 44.9 Å². The van der Waals surface area contributed by atoms with E-state index in [9.17, 15) is 0 Å². The first-order valence-electron chi connectivity index (χ1n) is 4.69. The second-order valence-corrected chi connectivity index (χ2v) is 5.96. The molecule has 0 heterocycles. The van der Waals surface area contributed by atoms with Gasteiger partial charge in [-0.2, -0.15) is 11.8 Å². The summed E-state index contributed by atoms with van der Waals surface area (Å²) in [4.78, 5) is 2.28. The topological polar surface area (TPSA) is 3.24 Å². The van der Waals surface area contributed by atoms with E-state index in [4.69, 9.17) is 0 Å². The average Bonchev–Trinajstić information content (AvgIpc) is 2.00. The molecule has 0 fully saturated rings. The van der Waals surface area contributed by atoms with Crippen molar-refractivity contribution >= 4 is 11.8 Å². The molecule has 1 nitrogen and oxygen atoms in total. The molecule has 12 heavy (non-hydrogen) atoms. The highest BCUT2D eigenvalue weighted by Crippen LogP contribution is 2.28. The molecule has 0 aromatic rings. The Bertz CT molecular complexity index is 121. The lowest BCUT2D eigenvalue weighted by Gasteiger charge is -2.26. The van der Waals surface area contributed by atoms with Crippen molar-refractivity contribution in [2.75, 3.05) is 19.8 Å². The van der Waals surface area contributed by atoms with Crippen molar-refractivity contribution in [3.63, 3.8) is 0 Å². The lowest BCUT2D eigenvalue weighted by molar-refractivity contribution is 0.339. The first kappa shape index (κ1) is 12.3. The van der Waals surface area contributed by atoms with Crippen LogP contribution in [0.4, 0.5) is 0 Å². The van der Waals surface area contributed by atoms with E-state index in [1.54, 1.807) is 0 Å². The molecule has 0 rings (SSSR count). The fourth-order valence-electron chi connectivity index (χ4n) is 0.597. The molecule has 0 N–H and O–H groups in total. The molecule has 0 spiro atoms. The zero-order chi connectivity index (χ0) is 9.78. The molecule has 2 heteroatoms. The zero-order valence-electron chi connectivity index (χ0n) is 9.35. The van der Waals surface area contributed by atoms with Gasteiger partial charge in [0, 0.05) is 16.5 Å². The predicted molar refractivity (Wildman–Crippen MR) is 60.0 cm³/mol. The van der Waals surface area contributed by atoms with Crippen molar-refractivity contribution in [1.82, 2.24) is 4.90 Å². The van der Waals surface area contributed by atoms with E-state index in [0.29, 0.717) is 10.8 Å². The second-order valence-electron chi connectivity index (χ2n) is 4.24. The summed E-state index contributed by atoms with van der Waals surface area (Å²) in [5.74, 6) is 1.23. The maximum atomic E-state index is 2.32. The Kier molecular flexibility index (Phi) is 5.26. The molecular formula is C10H23NS. The Labute approximate surface area is 81.9 Å². The molecule has 0 amide bonds. The standard InChI is InChI=1S/C10H23NS/c1-7-10(3,4)12-8-9(2)11(5)6/h9H,7-8H2,1-6H3. The Morgan fingerprint density at radius 1 is 1.33 bits per heavy atom. The Morgan fingerprint density at radius 2 is 1.83 bits per heavy atom. The number of hydrogen-bond donors (Lipinski definition) is 0. The van der Waals surface area contributed by atoms with Gasteiger partial charge in [-0.05, 0) is 27.4 Å². The van der Waals surface area contributed by atoms with Gasteiger partial charge < -0.3 is 4.90 Å². The summed E-state index contributed by atoms with van der Waals surface area (Å²) in [5.41, 5.74) is 0. The summed E-state index contributed by atoms with van der Waals surface area (Å²) in [6, 6.07) is 0.681. The minimum Gasteiger partial charge on any atom is -0.306 e. The smallest absolute Gasteiger partial charge is 0.0152 e. The van der Waals surface area contributed by atoms with Crippen LogP contribution in [0.5, 0.6) is 0 Å². The van der Waals surface area contributed by atoms with E-state index >= 15 is 0 Å². The molecule has 1 unspecified atom stereocenters. The summed E-state index contributed by atoms with van der Waals surface area (Å²) in [6.07, 6.45) is 1.25. The van der Waals surface area contributed by atoms with Crippen LogP contribution < -0.4 is 0 Å². The summed E-state index contributed by atoms with van der Waals surface area (Å²) < 4.78 is 0.449. The largest absolute Gasteiger partial charge is 0.306 e. The molecular weight excluding hydrogens is 166 g/mol. The number of nitrogens with zero attached hydrogens (tertiary/aromatic N) is 1. The maximum absolute atomic E-state index is 2.32. The van der Waals surface area contributed by atoms with Crippen molar-refractivity contribution in [3.05, 3.63) is 0 Å². The quantitative estimate of drug-likeness (QED) is 0.654. The highest BCUT2D eigenvalue weighted by atomic mass is 32.2. The lowest BCUT2D eigenvalue weighted by Crippen LogP contribution is -2.29. The van der Waals surface area contributed by atoms with Gasteiger partial charge in [-0.3, -0.25) is 0 Å². The summed E-state index contributed by atoms with van der Waals surface area (Å²) in [6.45, 7) is 9.17. The fourth-order valence-corrected chi connectivity index (χ4v) is 1.79. The molecule has 0 aromatic heterocycles. The summed E-state index contributed by atoms with van der Waals surface area (Å²) >= 11 is 2.07. The third-order valence-corrected chi connectivity index (χ3v) is 4.17. The normalized spacial score (nSPS) is 15.2. The molecule has 74 valence electrons. The van der Waals surface area contributed by atoms with Gasteiger partial charge in [0.15, 0.2) is 0 Å². The third kappa shape index (κ3) is 5.04. The fraction of sp³-hybridized carbons (Fsp3) is 1.00. The highest BCUT2D eigenvalue weighted by molar-refractivity contribution is 8.00. The zero-order valence-corrected chi connectivity index (χ0v) is 10.2. The van der Waals surface area contributed by atoms with Crippen LogP contribution in [0, 0.1) is 0 Å². The molecule has 0 saturated carbocycles. The van der Waals surface area contributed by atoms with Gasteiger partial charge in [0.05, 0.1) is 0 Å². The van der Waals surface area contributed by atoms with Gasteiger partial charge in [0.25, 0.3) is 0 Å². The molecule has 0 aliphatic heterocycles. The second kappa shape index (κ2) is 5.13. The van der Waals surface area contributed by atoms with Crippen LogP contribution >= 0.6 is 11.8 Å². The molecule has 0 radical (unpaired) electrons. The van der Waals surface area contributed by atoms with E-state index in [-0.39, 0.29) is 0 Å². The molecule has 1 atom stereocenters. The Morgan fingerprint density at radius 3 is 2.17 bits per heavy atom. The lowest BCUT2D eigenvalue weighted by atomic mass is 10.1. The first-order valence-corrected chi connectivity index (χ1v) is 5.68. The average molecular weight is 189 g/mol. The van der Waals surface area contributed by atoms with Crippen LogP contribution in [0.15, 0.2) is 0 Å². The molecule has 0 aliphatic carbocycles. The monoisotopic (exact) mass is 189 g/mol. The van der Waals surface area contributed by atoms with E-state index in [0.717, 1.165) is 0 Å². The third-order valence-electron chi connectivity index (χ3n) is 2.45. The van der Waals surface area contributed by atoms with Crippen molar-refractivity contribution < 1.29 is 0 Å².